The van der Waals surface area contributed by atoms with E-state index in [-0.39, 0.29) is 18.3 Å². The van der Waals surface area contributed by atoms with Crippen molar-refractivity contribution in [3.05, 3.63) is 35.4 Å². The molecule has 1 fully saturated rings. The highest BCUT2D eigenvalue weighted by molar-refractivity contribution is 5.85. The van der Waals surface area contributed by atoms with Crippen molar-refractivity contribution in [1.29, 1.82) is 0 Å². The maximum Gasteiger partial charge on any atom is 0.222 e. The van der Waals surface area contributed by atoms with E-state index in [0.29, 0.717) is 12.5 Å². The van der Waals surface area contributed by atoms with E-state index in [1.54, 1.807) is 0 Å². The van der Waals surface area contributed by atoms with Crippen LogP contribution in [-0.2, 0) is 17.6 Å². The van der Waals surface area contributed by atoms with Gasteiger partial charge in [0.05, 0.1) is 0 Å². The molecule has 1 saturated heterocycles. The summed E-state index contributed by atoms with van der Waals surface area (Å²) in [6.45, 7) is 4.12. The van der Waals surface area contributed by atoms with Crippen LogP contribution in [0.4, 0.5) is 0 Å². The van der Waals surface area contributed by atoms with E-state index < -0.39 is 0 Å². The van der Waals surface area contributed by atoms with Gasteiger partial charge in [0.1, 0.15) is 0 Å². The first-order chi connectivity index (χ1) is 9.20. The molecule has 0 radical (unpaired) electrons. The minimum atomic E-state index is 0. The third-order valence-corrected chi connectivity index (χ3v) is 4.03. The molecule has 0 aliphatic carbocycles. The molecule has 1 unspecified atom stereocenters. The summed E-state index contributed by atoms with van der Waals surface area (Å²) in [7, 11) is 1.93. The number of nitrogens with zero attached hydrogens (tertiary/aromatic N) is 1. The van der Waals surface area contributed by atoms with Crippen LogP contribution >= 0.6 is 12.4 Å². The Bertz CT molecular complexity index is 413. The second-order valence-electron chi connectivity index (χ2n) is 5.32. The van der Waals surface area contributed by atoms with E-state index in [9.17, 15) is 4.79 Å². The molecule has 0 aromatic heterocycles. The van der Waals surface area contributed by atoms with Gasteiger partial charge in [-0.25, -0.2) is 0 Å². The van der Waals surface area contributed by atoms with Crippen LogP contribution < -0.4 is 5.32 Å². The Labute approximate surface area is 128 Å². The number of likely N-dealkylation sites (N-methyl/N-ethyl adjacent to an activating group) is 1. The number of hydrogen-bond acceptors (Lipinski definition) is 2. The zero-order chi connectivity index (χ0) is 13.7. The molecular formula is C16H25ClN2O. The van der Waals surface area contributed by atoms with Crippen molar-refractivity contribution in [2.24, 2.45) is 0 Å². The highest BCUT2D eigenvalue weighted by Gasteiger charge is 2.22. The Morgan fingerprint density at radius 2 is 1.95 bits per heavy atom. The number of amides is 1. The average molecular weight is 297 g/mol. The van der Waals surface area contributed by atoms with Crippen LogP contribution in [0.3, 0.4) is 0 Å². The van der Waals surface area contributed by atoms with E-state index in [1.165, 1.54) is 11.1 Å². The second-order valence-corrected chi connectivity index (χ2v) is 5.32. The molecule has 0 bridgehead atoms. The Kier molecular flexibility index (Phi) is 7.03. The van der Waals surface area contributed by atoms with Crippen LogP contribution in [0.25, 0.3) is 0 Å². The van der Waals surface area contributed by atoms with Gasteiger partial charge in [0.15, 0.2) is 0 Å². The lowest BCUT2D eigenvalue weighted by Crippen LogP contribution is -2.38. The number of halogens is 1. The molecule has 1 amide bonds. The number of benzene rings is 1. The van der Waals surface area contributed by atoms with E-state index in [4.69, 9.17) is 0 Å². The fourth-order valence-corrected chi connectivity index (χ4v) is 2.54. The number of aryl methyl sites for hydroxylation is 2. The lowest BCUT2D eigenvalue weighted by molar-refractivity contribution is -0.131. The first-order valence-corrected chi connectivity index (χ1v) is 7.25. The van der Waals surface area contributed by atoms with Gasteiger partial charge in [0.2, 0.25) is 5.91 Å². The van der Waals surface area contributed by atoms with Gasteiger partial charge in [0, 0.05) is 26.1 Å². The van der Waals surface area contributed by atoms with Crippen molar-refractivity contribution >= 4 is 18.3 Å². The van der Waals surface area contributed by atoms with Crippen LogP contribution in [0.5, 0.6) is 0 Å². The number of carbonyl (C=O) groups is 1. The van der Waals surface area contributed by atoms with Gasteiger partial charge >= 0.3 is 0 Å². The molecule has 1 aliphatic rings. The third-order valence-electron chi connectivity index (χ3n) is 4.03. The number of hydrogen-bond donors (Lipinski definition) is 1. The topological polar surface area (TPSA) is 32.3 Å². The predicted molar refractivity (Wildman–Crippen MR) is 85.4 cm³/mol. The maximum absolute atomic E-state index is 12.1. The Balaban J connectivity index is 0.00000200. The van der Waals surface area contributed by atoms with Crippen molar-refractivity contribution in [2.45, 2.75) is 38.6 Å². The number of carbonyl (C=O) groups excluding carboxylic acids is 1. The van der Waals surface area contributed by atoms with Gasteiger partial charge in [-0.05, 0) is 36.9 Å². The fourth-order valence-electron chi connectivity index (χ4n) is 2.54. The summed E-state index contributed by atoms with van der Waals surface area (Å²) in [5.41, 5.74) is 2.60. The van der Waals surface area contributed by atoms with Gasteiger partial charge in [-0.1, -0.05) is 31.2 Å². The highest BCUT2D eigenvalue weighted by atomic mass is 35.5. The molecule has 112 valence electrons. The molecule has 1 aromatic rings. The molecular weight excluding hydrogens is 272 g/mol. The summed E-state index contributed by atoms with van der Waals surface area (Å²) in [6.07, 6.45) is 3.59. The molecule has 1 heterocycles. The smallest absolute Gasteiger partial charge is 0.222 e. The van der Waals surface area contributed by atoms with Crippen LogP contribution in [0.1, 0.15) is 30.9 Å². The molecule has 20 heavy (non-hydrogen) atoms. The Morgan fingerprint density at radius 3 is 2.50 bits per heavy atom. The maximum atomic E-state index is 12.1. The quantitative estimate of drug-likeness (QED) is 0.905. The second kappa shape index (κ2) is 8.28. The largest absolute Gasteiger partial charge is 0.341 e. The molecule has 1 aromatic carbocycles. The first-order valence-electron chi connectivity index (χ1n) is 7.25. The summed E-state index contributed by atoms with van der Waals surface area (Å²) < 4.78 is 0. The normalized spacial score (nSPS) is 17.6. The van der Waals surface area contributed by atoms with Crippen molar-refractivity contribution in [1.82, 2.24) is 10.2 Å². The minimum absolute atomic E-state index is 0. The SMILES string of the molecule is CCc1ccc(CCC(=O)N(C)C2CCNC2)cc1.Cl. The fraction of sp³-hybridized carbons (Fsp3) is 0.562. The number of nitrogens with one attached hydrogen (secondary N) is 1. The van der Waals surface area contributed by atoms with Gasteiger partial charge in [-0.15, -0.1) is 12.4 Å². The summed E-state index contributed by atoms with van der Waals surface area (Å²) in [6, 6.07) is 8.98. The molecule has 2 rings (SSSR count). The van der Waals surface area contributed by atoms with Gasteiger partial charge < -0.3 is 10.2 Å². The third kappa shape index (κ3) is 4.50. The van der Waals surface area contributed by atoms with Crippen molar-refractivity contribution in [2.75, 3.05) is 20.1 Å². The van der Waals surface area contributed by atoms with E-state index >= 15 is 0 Å². The molecule has 1 atom stereocenters. The first kappa shape index (κ1) is 17.0. The van der Waals surface area contributed by atoms with E-state index in [1.807, 2.05) is 11.9 Å². The predicted octanol–water partition coefficient (Wildman–Crippen LogP) is 2.42. The summed E-state index contributed by atoms with van der Waals surface area (Å²) in [5, 5.41) is 3.30. The van der Waals surface area contributed by atoms with Gasteiger partial charge in [-0.3, -0.25) is 4.79 Å². The zero-order valence-electron chi connectivity index (χ0n) is 12.4. The van der Waals surface area contributed by atoms with Crippen LogP contribution in [0.2, 0.25) is 0 Å². The molecule has 0 spiro atoms. The zero-order valence-corrected chi connectivity index (χ0v) is 13.2. The number of rotatable bonds is 5. The van der Waals surface area contributed by atoms with Crippen LogP contribution in [0.15, 0.2) is 24.3 Å². The monoisotopic (exact) mass is 296 g/mol. The highest BCUT2D eigenvalue weighted by Crippen LogP contribution is 2.11. The van der Waals surface area contributed by atoms with Gasteiger partial charge in [0.25, 0.3) is 0 Å². The van der Waals surface area contributed by atoms with Crippen molar-refractivity contribution in [3.8, 4) is 0 Å². The van der Waals surface area contributed by atoms with Crippen molar-refractivity contribution in [3.63, 3.8) is 0 Å². The van der Waals surface area contributed by atoms with Crippen molar-refractivity contribution < 1.29 is 4.79 Å². The van der Waals surface area contributed by atoms with Crippen LogP contribution in [-0.4, -0.2) is 37.0 Å². The molecule has 1 N–H and O–H groups in total. The molecule has 1 aliphatic heterocycles. The standard InChI is InChI=1S/C16H24N2O.ClH/c1-3-13-4-6-14(7-5-13)8-9-16(19)18(2)15-10-11-17-12-15;/h4-7,15,17H,3,8-12H2,1-2H3;1H. The average Bonchev–Trinajstić information content (AvgIpc) is 2.98. The summed E-state index contributed by atoms with van der Waals surface area (Å²) in [4.78, 5) is 14.0. The van der Waals surface area contributed by atoms with Crippen LogP contribution in [0, 0.1) is 0 Å². The van der Waals surface area contributed by atoms with E-state index in [0.717, 1.165) is 32.4 Å². The molecule has 3 nitrogen and oxygen atoms in total. The minimum Gasteiger partial charge on any atom is -0.341 e. The summed E-state index contributed by atoms with van der Waals surface area (Å²) >= 11 is 0. The molecule has 4 heteroatoms. The van der Waals surface area contributed by atoms with Gasteiger partial charge in [-0.2, -0.15) is 0 Å². The molecule has 0 saturated carbocycles. The Morgan fingerprint density at radius 1 is 1.30 bits per heavy atom. The van der Waals surface area contributed by atoms with E-state index in [2.05, 4.69) is 36.5 Å². The lowest BCUT2D eigenvalue weighted by atomic mass is 10.1. The lowest BCUT2D eigenvalue weighted by Gasteiger charge is -2.23. The Hall–Kier alpha value is -1.06. The summed E-state index contributed by atoms with van der Waals surface area (Å²) in [5.74, 6) is 0.258.